The molecule has 0 saturated carbocycles. The first-order chi connectivity index (χ1) is 12.2. The molecule has 2 aromatic carbocycles. The van der Waals surface area contributed by atoms with Crippen molar-refractivity contribution in [3.8, 4) is 5.75 Å². The minimum atomic E-state index is 0.0682. The predicted octanol–water partition coefficient (Wildman–Crippen LogP) is 3.85. The van der Waals surface area contributed by atoms with Crippen molar-refractivity contribution >= 4 is 11.6 Å². The Morgan fingerprint density at radius 2 is 1.92 bits per heavy atom. The van der Waals surface area contributed by atoms with Crippen LogP contribution in [0.15, 0.2) is 48.5 Å². The van der Waals surface area contributed by atoms with Gasteiger partial charge in [0.05, 0.1) is 12.8 Å². The summed E-state index contributed by atoms with van der Waals surface area (Å²) in [5.74, 6) is 0.867. The van der Waals surface area contributed by atoms with Crippen molar-refractivity contribution in [1.82, 2.24) is 4.90 Å². The number of aryl methyl sites for hydroxylation is 1. The highest BCUT2D eigenvalue weighted by atomic mass is 16.5. The van der Waals surface area contributed by atoms with Crippen LogP contribution in [0.4, 0.5) is 5.69 Å². The first kappa shape index (κ1) is 17.5. The van der Waals surface area contributed by atoms with Gasteiger partial charge in [-0.3, -0.25) is 9.69 Å². The molecule has 4 nitrogen and oxygen atoms in total. The van der Waals surface area contributed by atoms with E-state index in [-0.39, 0.29) is 11.8 Å². The van der Waals surface area contributed by atoms with Gasteiger partial charge in [-0.1, -0.05) is 42.0 Å². The normalized spacial score (nSPS) is 15.8. The van der Waals surface area contributed by atoms with E-state index in [0.717, 1.165) is 38.2 Å². The number of para-hydroxylation sites is 2. The molecule has 1 N–H and O–H groups in total. The van der Waals surface area contributed by atoms with Crippen LogP contribution in [0.5, 0.6) is 5.75 Å². The average molecular weight is 338 g/mol. The molecule has 4 heteroatoms. The summed E-state index contributed by atoms with van der Waals surface area (Å²) >= 11 is 0. The molecule has 0 radical (unpaired) electrons. The lowest BCUT2D eigenvalue weighted by Gasteiger charge is -2.31. The molecule has 0 atom stereocenters. The fourth-order valence-corrected chi connectivity index (χ4v) is 3.40. The number of carbonyl (C=O) groups is 1. The summed E-state index contributed by atoms with van der Waals surface area (Å²) in [6.07, 6.45) is 1.79. The summed E-state index contributed by atoms with van der Waals surface area (Å²) in [6, 6.07) is 16.2. The Balaban J connectivity index is 1.52. The van der Waals surface area contributed by atoms with Gasteiger partial charge in [-0.15, -0.1) is 0 Å². The van der Waals surface area contributed by atoms with E-state index in [4.69, 9.17) is 4.74 Å². The van der Waals surface area contributed by atoms with Crippen molar-refractivity contribution < 1.29 is 9.53 Å². The number of nitrogens with one attached hydrogen (secondary N) is 1. The Morgan fingerprint density at radius 3 is 2.64 bits per heavy atom. The summed E-state index contributed by atoms with van der Waals surface area (Å²) in [5, 5.41) is 3.02. The summed E-state index contributed by atoms with van der Waals surface area (Å²) in [4.78, 5) is 15.0. The lowest BCUT2D eigenvalue weighted by Crippen LogP contribution is -2.37. The van der Waals surface area contributed by atoms with Crippen LogP contribution >= 0.6 is 0 Å². The fraction of sp³-hybridized carbons (Fsp3) is 0.381. The second kappa shape index (κ2) is 8.17. The molecule has 1 amide bonds. The molecule has 1 saturated heterocycles. The summed E-state index contributed by atoms with van der Waals surface area (Å²) in [5.41, 5.74) is 3.39. The van der Waals surface area contributed by atoms with Gasteiger partial charge in [0, 0.05) is 12.5 Å². The minimum Gasteiger partial charge on any atom is -0.495 e. The molecule has 132 valence electrons. The number of amides is 1. The van der Waals surface area contributed by atoms with Crippen molar-refractivity contribution in [1.29, 1.82) is 0 Å². The van der Waals surface area contributed by atoms with E-state index >= 15 is 0 Å². The zero-order valence-corrected chi connectivity index (χ0v) is 15.0. The van der Waals surface area contributed by atoms with Crippen molar-refractivity contribution in [3.05, 3.63) is 59.7 Å². The maximum Gasteiger partial charge on any atom is 0.227 e. The molecule has 1 fully saturated rings. The molecule has 25 heavy (non-hydrogen) atoms. The monoisotopic (exact) mass is 338 g/mol. The molecular weight excluding hydrogens is 312 g/mol. The fourth-order valence-electron chi connectivity index (χ4n) is 3.40. The highest BCUT2D eigenvalue weighted by Crippen LogP contribution is 2.26. The number of rotatable bonds is 5. The van der Waals surface area contributed by atoms with Crippen LogP contribution in [-0.4, -0.2) is 31.0 Å². The number of ether oxygens (including phenoxy) is 1. The Bertz CT molecular complexity index is 721. The number of nitrogens with zero attached hydrogens (tertiary/aromatic N) is 1. The third kappa shape index (κ3) is 4.60. The highest BCUT2D eigenvalue weighted by molar-refractivity contribution is 5.94. The largest absolute Gasteiger partial charge is 0.495 e. The lowest BCUT2D eigenvalue weighted by molar-refractivity contribution is -0.121. The summed E-state index contributed by atoms with van der Waals surface area (Å²) in [7, 11) is 1.62. The van der Waals surface area contributed by atoms with Crippen LogP contribution in [0, 0.1) is 12.8 Å². The third-order valence-corrected chi connectivity index (χ3v) is 4.81. The van der Waals surface area contributed by atoms with Gasteiger partial charge >= 0.3 is 0 Å². The molecule has 1 aliphatic heterocycles. The Hall–Kier alpha value is -2.33. The maximum absolute atomic E-state index is 12.6. The van der Waals surface area contributed by atoms with E-state index in [0.29, 0.717) is 5.75 Å². The molecule has 3 rings (SSSR count). The zero-order valence-electron chi connectivity index (χ0n) is 15.0. The topological polar surface area (TPSA) is 41.6 Å². The van der Waals surface area contributed by atoms with Crippen LogP contribution in [0.1, 0.15) is 24.0 Å². The number of methoxy groups -OCH3 is 1. The summed E-state index contributed by atoms with van der Waals surface area (Å²) in [6.45, 7) is 5.00. The molecule has 0 aromatic heterocycles. The highest BCUT2D eigenvalue weighted by Gasteiger charge is 2.25. The van der Waals surface area contributed by atoms with Crippen LogP contribution in [0.25, 0.3) is 0 Å². The van der Waals surface area contributed by atoms with Gasteiger partial charge in [-0.25, -0.2) is 0 Å². The first-order valence-corrected chi connectivity index (χ1v) is 8.87. The number of benzene rings is 2. The SMILES string of the molecule is COc1ccccc1NC(=O)C1CCN(Cc2cccc(C)c2)CC1. The van der Waals surface area contributed by atoms with E-state index in [1.54, 1.807) is 7.11 Å². The number of hydrogen-bond acceptors (Lipinski definition) is 3. The van der Waals surface area contributed by atoms with E-state index in [2.05, 4.69) is 41.4 Å². The first-order valence-electron chi connectivity index (χ1n) is 8.87. The van der Waals surface area contributed by atoms with Gasteiger partial charge in [-0.05, 0) is 50.6 Å². The molecule has 0 unspecified atom stereocenters. The minimum absolute atomic E-state index is 0.0682. The standard InChI is InChI=1S/C21H26N2O2/c1-16-6-5-7-17(14-16)15-23-12-10-18(11-13-23)21(24)22-19-8-3-4-9-20(19)25-2/h3-9,14,18H,10-13,15H2,1-2H3,(H,22,24). The average Bonchev–Trinajstić information content (AvgIpc) is 2.63. The number of hydrogen-bond donors (Lipinski definition) is 1. The molecule has 0 spiro atoms. The van der Waals surface area contributed by atoms with Gasteiger partial charge in [0.1, 0.15) is 5.75 Å². The van der Waals surface area contributed by atoms with Gasteiger partial charge in [0.15, 0.2) is 0 Å². The zero-order chi connectivity index (χ0) is 17.6. The number of carbonyl (C=O) groups excluding carboxylic acids is 1. The number of likely N-dealkylation sites (tertiary alicyclic amines) is 1. The quantitative estimate of drug-likeness (QED) is 0.900. The van der Waals surface area contributed by atoms with Crippen LogP contribution in [-0.2, 0) is 11.3 Å². The molecule has 2 aromatic rings. The smallest absolute Gasteiger partial charge is 0.227 e. The Kier molecular flexibility index (Phi) is 5.71. The van der Waals surface area contributed by atoms with Gasteiger partial charge in [0.25, 0.3) is 0 Å². The van der Waals surface area contributed by atoms with Crippen molar-refractivity contribution in [2.75, 3.05) is 25.5 Å². The molecule has 1 heterocycles. The van der Waals surface area contributed by atoms with Gasteiger partial charge < -0.3 is 10.1 Å². The van der Waals surface area contributed by atoms with Crippen LogP contribution in [0.3, 0.4) is 0 Å². The molecule has 0 bridgehead atoms. The third-order valence-electron chi connectivity index (χ3n) is 4.81. The second-order valence-corrected chi connectivity index (χ2v) is 6.73. The van der Waals surface area contributed by atoms with E-state index in [1.807, 2.05) is 24.3 Å². The van der Waals surface area contributed by atoms with Crippen LogP contribution in [0.2, 0.25) is 0 Å². The van der Waals surface area contributed by atoms with E-state index in [1.165, 1.54) is 11.1 Å². The maximum atomic E-state index is 12.6. The molecular formula is C21H26N2O2. The summed E-state index contributed by atoms with van der Waals surface area (Å²) < 4.78 is 5.30. The van der Waals surface area contributed by atoms with Crippen molar-refractivity contribution in [2.45, 2.75) is 26.3 Å². The van der Waals surface area contributed by atoms with E-state index in [9.17, 15) is 4.79 Å². The Labute approximate surface area is 149 Å². The van der Waals surface area contributed by atoms with Gasteiger partial charge in [0.2, 0.25) is 5.91 Å². The molecule has 1 aliphatic rings. The van der Waals surface area contributed by atoms with Gasteiger partial charge in [-0.2, -0.15) is 0 Å². The van der Waals surface area contributed by atoms with Crippen LogP contribution < -0.4 is 10.1 Å². The molecule has 0 aliphatic carbocycles. The second-order valence-electron chi connectivity index (χ2n) is 6.73. The van der Waals surface area contributed by atoms with E-state index < -0.39 is 0 Å². The predicted molar refractivity (Wildman–Crippen MR) is 101 cm³/mol. The Morgan fingerprint density at radius 1 is 1.16 bits per heavy atom. The number of anilines is 1. The lowest BCUT2D eigenvalue weighted by atomic mass is 9.95. The van der Waals surface area contributed by atoms with Crippen molar-refractivity contribution in [2.24, 2.45) is 5.92 Å². The van der Waals surface area contributed by atoms with Crippen molar-refractivity contribution in [3.63, 3.8) is 0 Å². The number of piperidine rings is 1.